The average molecular weight is 264 g/mol. The quantitative estimate of drug-likeness (QED) is 0.744. The van der Waals surface area contributed by atoms with Gasteiger partial charge in [0.2, 0.25) is 5.91 Å². The third-order valence-electron chi connectivity index (χ3n) is 3.19. The predicted molar refractivity (Wildman–Crippen MR) is 78.6 cm³/mol. The highest BCUT2D eigenvalue weighted by Gasteiger charge is 2.10. The zero-order valence-corrected chi connectivity index (χ0v) is 12.1. The molecule has 0 bridgehead atoms. The van der Waals surface area contributed by atoms with E-state index in [2.05, 4.69) is 5.32 Å². The Morgan fingerprint density at radius 2 is 2.00 bits per heavy atom. The summed E-state index contributed by atoms with van der Waals surface area (Å²) in [7, 11) is 1.65. The standard InChI is InChI=1S/C15H24N2O2/c1-11-8-9-13(12(2)15(11)19-3)17-14(18)7-5-4-6-10-16/h8-9H,4-7,10,16H2,1-3H3,(H,17,18). The van der Waals surface area contributed by atoms with Gasteiger partial charge in [-0.3, -0.25) is 4.79 Å². The molecule has 1 rings (SSSR count). The van der Waals surface area contributed by atoms with Crippen molar-refractivity contribution in [2.24, 2.45) is 5.73 Å². The number of benzene rings is 1. The van der Waals surface area contributed by atoms with E-state index < -0.39 is 0 Å². The number of aryl methyl sites for hydroxylation is 1. The number of methoxy groups -OCH3 is 1. The van der Waals surface area contributed by atoms with Crippen molar-refractivity contribution in [1.29, 1.82) is 0 Å². The number of nitrogens with two attached hydrogens (primary N) is 1. The molecule has 0 aliphatic rings. The number of hydrogen-bond acceptors (Lipinski definition) is 3. The molecule has 0 unspecified atom stereocenters. The SMILES string of the molecule is COc1c(C)ccc(NC(=O)CCCCCN)c1C. The molecule has 0 heterocycles. The molecule has 0 saturated carbocycles. The molecule has 0 saturated heterocycles. The molecule has 1 amide bonds. The molecule has 0 radical (unpaired) electrons. The maximum absolute atomic E-state index is 11.8. The van der Waals surface area contributed by atoms with E-state index >= 15 is 0 Å². The van der Waals surface area contributed by atoms with Crippen LogP contribution in [0, 0.1) is 13.8 Å². The van der Waals surface area contributed by atoms with Crippen molar-refractivity contribution in [2.45, 2.75) is 39.5 Å². The smallest absolute Gasteiger partial charge is 0.224 e. The lowest BCUT2D eigenvalue weighted by Gasteiger charge is -2.14. The van der Waals surface area contributed by atoms with Crippen LogP contribution in [0.25, 0.3) is 0 Å². The largest absolute Gasteiger partial charge is 0.496 e. The zero-order chi connectivity index (χ0) is 14.3. The van der Waals surface area contributed by atoms with Crippen LogP contribution in [0.15, 0.2) is 12.1 Å². The topological polar surface area (TPSA) is 64.3 Å². The van der Waals surface area contributed by atoms with Gasteiger partial charge in [0.25, 0.3) is 0 Å². The molecule has 0 spiro atoms. The summed E-state index contributed by atoms with van der Waals surface area (Å²) in [5, 5.41) is 2.94. The van der Waals surface area contributed by atoms with E-state index in [1.807, 2.05) is 26.0 Å². The Hall–Kier alpha value is -1.55. The molecule has 3 N–H and O–H groups in total. The van der Waals surface area contributed by atoms with Crippen LogP contribution in [0.1, 0.15) is 36.8 Å². The van der Waals surface area contributed by atoms with Gasteiger partial charge in [0, 0.05) is 17.7 Å². The van der Waals surface area contributed by atoms with Crippen LogP contribution in [-0.2, 0) is 4.79 Å². The Morgan fingerprint density at radius 1 is 1.26 bits per heavy atom. The minimum Gasteiger partial charge on any atom is -0.496 e. The number of unbranched alkanes of at least 4 members (excludes halogenated alkanes) is 2. The summed E-state index contributed by atoms with van der Waals surface area (Å²) in [5.41, 5.74) is 8.29. The predicted octanol–water partition coefficient (Wildman–Crippen LogP) is 2.77. The highest BCUT2D eigenvalue weighted by atomic mass is 16.5. The van der Waals surface area contributed by atoms with Crippen LogP contribution in [0.3, 0.4) is 0 Å². The average Bonchev–Trinajstić information content (AvgIpc) is 2.39. The van der Waals surface area contributed by atoms with E-state index in [1.165, 1.54) is 0 Å². The van der Waals surface area contributed by atoms with Crippen LogP contribution < -0.4 is 15.8 Å². The lowest BCUT2D eigenvalue weighted by atomic mass is 10.1. The Kier molecular flexibility index (Phi) is 6.36. The van der Waals surface area contributed by atoms with Crippen LogP contribution in [0.2, 0.25) is 0 Å². The van der Waals surface area contributed by atoms with Crippen molar-refractivity contribution in [3.8, 4) is 5.75 Å². The summed E-state index contributed by atoms with van der Waals surface area (Å²) >= 11 is 0. The van der Waals surface area contributed by atoms with Crippen molar-refractivity contribution >= 4 is 11.6 Å². The normalized spacial score (nSPS) is 10.3. The van der Waals surface area contributed by atoms with Gasteiger partial charge in [-0.15, -0.1) is 0 Å². The molecule has 4 nitrogen and oxygen atoms in total. The van der Waals surface area contributed by atoms with Crippen LogP contribution in [0.5, 0.6) is 5.75 Å². The fourth-order valence-electron chi connectivity index (χ4n) is 2.10. The lowest BCUT2D eigenvalue weighted by Crippen LogP contribution is -2.12. The van der Waals surface area contributed by atoms with Gasteiger partial charge in [-0.25, -0.2) is 0 Å². The van der Waals surface area contributed by atoms with Gasteiger partial charge in [-0.2, -0.15) is 0 Å². The number of carbonyl (C=O) groups is 1. The second kappa shape index (κ2) is 7.79. The van der Waals surface area contributed by atoms with Gasteiger partial charge < -0.3 is 15.8 Å². The number of ether oxygens (including phenoxy) is 1. The van der Waals surface area contributed by atoms with Crippen molar-refractivity contribution < 1.29 is 9.53 Å². The number of amides is 1. The Morgan fingerprint density at radius 3 is 2.63 bits per heavy atom. The minimum absolute atomic E-state index is 0.0472. The molecule has 1 aromatic carbocycles. The summed E-state index contributed by atoms with van der Waals surface area (Å²) in [6.07, 6.45) is 3.39. The van der Waals surface area contributed by atoms with Gasteiger partial charge in [-0.1, -0.05) is 12.5 Å². The molecule has 0 atom stereocenters. The zero-order valence-electron chi connectivity index (χ0n) is 12.1. The summed E-state index contributed by atoms with van der Waals surface area (Å²) in [4.78, 5) is 11.8. The molecule has 0 aromatic heterocycles. The van der Waals surface area contributed by atoms with Crippen LogP contribution in [-0.4, -0.2) is 19.6 Å². The molecule has 0 aliphatic carbocycles. The van der Waals surface area contributed by atoms with E-state index in [9.17, 15) is 4.79 Å². The van der Waals surface area contributed by atoms with E-state index in [4.69, 9.17) is 10.5 Å². The van der Waals surface area contributed by atoms with Crippen molar-refractivity contribution in [1.82, 2.24) is 0 Å². The first-order chi connectivity index (χ1) is 9.10. The highest BCUT2D eigenvalue weighted by Crippen LogP contribution is 2.29. The van der Waals surface area contributed by atoms with Gasteiger partial charge in [0.1, 0.15) is 5.75 Å². The summed E-state index contributed by atoms with van der Waals surface area (Å²) in [6, 6.07) is 3.88. The second-order valence-electron chi connectivity index (χ2n) is 4.74. The summed E-state index contributed by atoms with van der Waals surface area (Å²) in [5.74, 6) is 0.881. The molecule has 1 aromatic rings. The van der Waals surface area contributed by atoms with E-state index in [0.29, 0.717) is 13.0 Å². The molecular weight excluding hydrogens is 240 g/mol. The molecule has 0 fully saturated rings. The number of carbonyl (C=O) groups excluding carboxylic acids is 1. The summed E-state index contributed by atoms with van der Waals surface area (Å²) < 4.78 is 5.35. The van der Waals surface area contributed by atoms with Crippen molar-refractivity contribution in [3.05, 3.63) is 23.3 Å². The van der Waals surface area contributed by atoms with E-state index in [1.54, 1.807) is 7.11 Å². The molecule has 0 aliphatic heterocycles. The third-order valence-corrected chi connectivity index (χ3v) is 3.19. The minimum atomic E-state index is 0.0472. The Bertz CT molecular complexity index is 430. The summed E-state index contributed by atoms with van der Waals surface area (Å²) in [6.45, 7) is 4.63. The first kappa shape index (κ1) is 15.5. The number of anilines is 1. The highest BCUT2D eigenvalue weighted by molar-refractivity contribution is 5.91. The maximum atomic E-state index is 11.8. The van der Waals surface area contributed by atoms with Crippen LogP contribution in [0.4, 0.5) is 5.69 Å². The van der Waals surface area contributed by atoms with Crippen LogP contribution >= 0.6 is 0 Å². The van der Waals surface area contributed by atoms with Gasteiger partial charge >= 0.3 is 0 Å². The van der Waals surface area contributed by atoms with Crippen molar-refractivity contribution in [2.75, 3.05) is 19.0 Å². The first-order valence-corrected chi connectivity index (χ1v) is 6.74. The second-order valence-corrected chi connectivity index (χ2v) is 4.74. The number of rotatable bonds is 7. The fraction of sp³-hybridized carbons (Fsp3) is 0.533. The molecule has 19 heavy (non-hydrogen) atoms. The molecule has 4 heteroatoms. The van der Waals surface area contributed by atoms with Gasteiger partial charge in [-0.05, 0) is 44.9 Å². The Labute approximate surface area is 115 Å². The maximum Gasteiger partial charge on any atom is 0.224 e. The molecular formula is C15H24N2O2. The monoisotopic (exact) mass is 264 g/mol. The number of nitrogens with one attached hydrogen (secondary N) is 1. The molecule has 106 valence electrons. The fourth-order valence-corrected chi connectivity index (χ4v) is 2.10. The van der Waals surface area contributed by atoms with E-state index in [0.717, 1.165) is 41.8 Å². The van der Waals surface area contributed by atoms with Gasteiger partial charge in [0.15, 0.2) is 0 Å². The lowest BCUT2D eigenvalue weighted by molar-refractivity contribution is -0.116. The third kappa shape index (κ3) is 4.56. The van der Waals surface area contributed by atoms with Gasteiger partial charge in [0.05, 0.1) is 7.11 Å². The van der Waals surface area contributed by atoms with Crippen molar-refractivity contribution in [3.63, 3.8) is 0 Å². The number of hydrogen-bond donors (Lipinski definition) is 2. The Balaban J connectivity index is 2.59. The first-order valence-electron chi connectivity index (χ1n) is 6.74. The van der Waals surface area contributed by atoms with E-state index in [-0.39, 0.29) is 5.91 Å².